The molecule has 1 aliphatic heterocycles. The van der Waals surface area contributed by atoms with Gasteiger partial charge in [-0.25, -0.2) is 0 Å². The molecular weight excluding hydrogens is 458 g/mol. The van der Waals surface area contributed by atoms with E-state index >= 15 is 0 Å². The molecule has 2 heterocycles. The Balaban J connectivity index is 1.51. The molecule has 0 unspecified atom stereocenters. The predicted molar refractivity (Wildman–Crippen MR) is 141 cm³/mol. The number of aromatic nitrogens is 1. The van der Waals surface area contributed by atoms with Crippen molar-refractivity contribution < 1.29 is 9.59 Å². The van der Waals surface area contributed by atoms with Crippen LogP contribution in [0.3, 0.4) is 0 Å². The summed E-state index contributed by atoms with van der Waals surface area (Å²) in [7, 11) is 0. The average Bonchev–Trinajstić information content (AvgIpc) is 3.11. The first-order valence-electron chi connectivity index (χ1n) is 11.6. The Morgan fingerprint density at radius 3 is 2.43 bits per heavy atom. The molecule has 1 aliphatic rings. The van der Waals surface area contributed by atoms with Crippen molar-refractivity contribution in [3.8, 4) is 22.3 Å². The zero-order chi connectivity index (χ0) is 24.5. The molecular formula is C29H26ClN3O2. The number of nitrogens with one attached hydrogen (secondary N) is 1. The van der Waals surface area contributed by atoms with Crippen LogP contribution in [0.15, 0.2) is 85.5 Å². The molecule has 0 saturated carbocycles. The van der Waals surface area contributed by atoms with Crippen LogP contribution in [0.4, 0.5) is 0 Å². The molecule has 6 heteroatoms. The lowest BCUT2D eigenvalue weighted by Gasteiger charge is -2.38. The zero-order valence-corrected chi connectivity index (χ0v) is 20.3. The number of hydrogen-bond donors (Lipinski definition) is 1. The van der Waals surface area contributed by atoms with E-state index in [0.717, 1.165) is 38.9 Å². The molecule has 176 valence electrons. The van der Waals surface area contributed by atoms with Gasteiger partial charge in [0.05, 0.1) is 6.04 Å². The Kier molecular flexibility index (Phi) is 6.18. The van der Waals surface area contributed by atoms with E-state index in [4.69, 9.17) is 11.6 Å². The number of carbonyl (C=O) groups excluding carboxylic acids is 2. The molecule has 0 atom stereocenters. The molecule has 5 nitrogen and oxygen atoms in total. The Labute approximate surface area is 209 Å². The van der Waals surface area contributed by atoms with E-state index in [0.29, 0.717) is 18.1 Å². The third-order valence-corrected chi connectivity index (χ3v) is 6.84. The first-order chi connectivity index (χ1) is 17.0. The van der Waals surface area contributed by atoms with Gasteiger partial charge in [0, 0.05) is 40.3 Å². The van der Waals surface area contributed by atoms with Gasteiger partial charge in [0.2, 0.25) is 11.8 Å². The molecule has 2 amide bonds. The number of amides is 2. The topological polar surface area (TPSA) is 54.3 Å². The lowest BCUT2D eigenvalue weighted by molar-refractivity contribution is -0.133. The molecule has 1 N–H and O–H groups in total. The van der Waals surface area contributed by atoms with Crippen molar-refractivity contribution in [3.05, 3.63) is 96.2 Å². The van der Waals surface area contributed by atoms with Gasteiger partial charge < -0.3 is 14.8 Å². The van der Waals surface area contributed by atoms with Gasteiger partial charge in [0.1, 0.15) is 6.54 Å². The van der Waals surface area contributed by atoms with Crippen LogP contribution in [0.2, 0.25) is 5.02 Å². The van der Waals surface area contributed by atoms with Crippen molar-refractivity contribution >= 4 is 34.3 Å². The summed E-state index contributed by atoms with van der Waals surface area (Å²) in [4.78, 5) is 26.3. The van der Waals surface area contributed by atoms with E-state index in [1.54, 1.807) is 4.90 Å². The summed E-state index contributed by atoms with van der Waals surface area (Å²) in [5.74, 6) is -0.195. The fourth-order valence-electron chi connectivity index (χ4n) is 4.86. The lowest BCUT2D eigenvalue weighted by atomic mass is 9.93. The van der Waals surface area contributed by atoms with E-state index < -0.39 is 0 Å². The fraction of sp³-hybridized carbons (Fsp3) is 0.172. The maximum Gasteiger partial charge on any atom is 0.246 e. The highest BCUT2D eigenvalue weighted by Crippen LogP contribution is 2.40. The van der Waals surface area contributed by atoms with Crippen molar-refractivity contribution in [2.24, 2.45) is 0 Å². The molecule has 4 aromatic rings. The number of carbonyl (C=O) groups is 2. The van der Waals surface area contributed by atoms with Gasteiger partial charge in [-0.05, 0) is 47.9 Å². The SMILES string of the molecule is C=CC(=O)N1CC(NC(=O)Cn2c(C)c(-c3ccccc3-c3ccccc3)c3cc(Cl)ccc32)C1. The second-order valence-corrected chi connectivity index (χ2v) is 9.27. The fourth-order valence-corrected chi connectivity index (χ4v) is 5.04. The third kappa shape index (κ3) is 4.35. The Bertz CT molecular complexity index is 1440. The third-order valence-electron chi connectivity index (χ3n) is 6.60. The smallest absolute Gasteiger partial charge is 0.246 e. The Morgan fingerprint density at radius 1 is 1.03 bits per heavy atom. The minimum Gasteiger partial charge on any atom is -0.348 e. The van der Waals surface area contributed by atoms with Crippen molar-refractivity contribution in [2.75, 3.05) is 13.1 Å². The molecule has 1 aromatic heterocycles. The molecule has 0 aliphatic carbocycles. The lowest BCUT2D eigenvalue weighted by Crippen LogP contribution is -2.61. The Hall–Kier alpha value is -3.83. The Morgan fingerprint density at radius 2 is 1.71 bits per heavy atom. The minimum absolute atomic E-state index is 0.0405. The number of fused-ring (bicyclic) bond motifs is 1. The standard InChI is InChI=1S/C29H26ClN3O2/c1-3-28(35)32-16-22(17-32)31-27(34)18-33-19(2)29(25-15-21(30)13-14-26(25)33)24-12-8-7-11-23(24)20-9-5-4-6-10-20/h3-15,22H,1,16-18H2,2H3,(H,31,34). The molecule has 1 fully saturated rings. The van der Waals surface area contributed by atoms with Gasteiger partial charge in [-0.3, -0.25) is 9.59 Å². The van der Waals surface area contributed by atoms with Crippen molar-refractivity contribution in [3.63, 3.8) is 0 Å². The summed E-state index contributed by atoms with van der Waals surface area (Å²) < 4.78 is 2.05. The number of benzene rings is 3. The zero-order valence-electron chi connectivity index (χ0n) is 19.5. The molecule has 5 rings (SSSR count). The van der Waals surface area contributed by atoms with Gasteiger partial charge in [0.25, 0.3) is 0 Å². The van der Waals surface area contributed by atoms with Crippen LogP contribution >= 0.6 is 11.6 Å². The van der Waals surface area contributed by atoms with E-state index in [2.05, 4.69) is 36.2 Å². The van der Waals surface area contributed by atoms with Crippen LogP contribution in [0.25, 0.3) is 33.2 Å². The highest BCUT2D eigenvalue weighted by molar-refractivity contribution is 6.31. The quantitative estimate of drug-likeness (QED) is 0.371. The van der Waals surface area contributed by atoms with Crippen LogP contribution in [-0.4, -0.2) is 40.4 Å². The molecule has 0 bridgehead atoms. The van der Waals surface area contributed by atoms with Crippen LogP contribution in [-0.2, 0) is 16.1 Å². The monoisotopic (exact) mass is 483 g/mol. The summed E-state index contributed by atoms with van der Waals surface area (Å²) in [5.41, 5.74) is 6.38. The molecule has 0 spiro atoms. The molecule has 1 saturated heterocycles. The van der Waals surface area contributed by atoms with E-state index in [9.17, 15) is 9.59 Å². The predicted octanol–water partition coefficient (Wildman–Crippen LogP) is 5.45. The van der Waals surface area contributed by atoms with Gasteiger partial charge >= 0.3 is 0 Å². The van der Waals surface area contributed by atoms with E-state index in [1.165, 1.54) is 6.08 Å². The van der Waals surface area contributed by atoms with Crippen molar-refractivity contribution in [1.29, 1.82) is 0 Å². The van der Waals surface area contributed by atoms with Gasteiger partial charge in [-0.1, -0.05) is 72.8 Å². The minimum atomic E-state index is -0.110. The summed E-state index contributed by atoms with van der Waals surface area (Å²) in [6.45, 7) is 6.76. The number of halogens is 1. The second kappa shape index (κ2) is 9.43. The summed E-state index contributed by atoms with van der Waals surface area (Å²) >= 11 is 6.42. The van der Waals surface area contributed by atoms with Crippen LogP contribution in [0.1, 0.15) is 5.69 Å². The largest absolute Gasteiger partial charge is 0.348 e. The summed E-state index contributed by atoms with van der Waals surface area (Å²) in [6.07, 6.45) is 1.30. The average molecular weight is 484 g/mol. The maximum atomic E-state index is 13.0. The van der Waals surface area contributed by atoms with Crippen LogP contribution < -0.4 is 5.32 Å². The first kappa shape index (κ1) is 22.9. The number of likely N-dealkylation sites (tertiary alicyclic amines) is 1. The highest BCUT2D eigenvalue weighted by Gasteiger charge is 2.30. The summed E-state index contributed by atoms with van der Waals surface area (Å²) in [5, 5.41) is 4.71. The van der Waals surface area contributed by atoms with Crippen LogP contribution in [0, 0.1) is 6.92 Å². The van der Waals surface area contributed by atoms with Gasteiger partial charge in [0.15, 0.2) is 0 Å². The van der Waals surface area contributed by atoms with E-state index in [1.807, 2.05) is 60.0 Å². The molecule has 35 heavy (non-hydrogen) atoms. The number of rotatable bonds is 6. The normalized spacial score (nSPS) is 13.5. The molecule has 3 aromatic carbocycles. The maximum absolute atomic E-state index is 13.0. The van der Waals surface area contributed by atoms with Gasteiger partial charge in [-0.2, -0.15) is 0 Å². The summed E-state index contributed by atoms with van der Waals surface area (Å²) in [6, 6.07) is 24.4. The number of nitrogens with zero attached hydrogens (tertiary/aromatic N) is 2. The number of hydrogen-bond acceptors (Lipinski definition) is 2. The van der Waals surface area contributed by atoms with Crippen molar-refractivity contribution in [1.82, 2.24) is 14.8 Å². The van der Waals surface area contributed by atoms with E-state index in [-0.39, 0.29) is 24.4 Å². The highest BCUT2D eigenvalue weighted by atomic mass is 35.5. The first-order valence-corrected chi connectivity index (χ1v) is 12.0. The van der Waals surface area contributed by atoms with Crippen molar-refractivity contribution in [2.45, 2.75) is 19.5 Å². The van der Waals surface area contributed by atoms with Gasteiger partial charge in [-0.15, -0.1) is 0 Å². The molecule has 0 radical (unpaired) electrons. The second-order valence-electron chi connectivity index (χ2n) is 8.83. The van der Waals surface area contributed by atoms with Crippen LogP contribution in [0.5, 0.6) is 0 Å².